The Morgan fingerprint density at radius 3 is 2.48 bits per heavy atom. The largest absolute Gasteiger partial charge is 0.352 e. The molecular formula is C26H33FN2O2. The zero-order chi connectivity index (χ0) is 22.4. The molecule has 31 heavy (non-hydrogen) atoms. The van der Waals surface area contributed by atoms with Crippen molar-refractivity contribution in [3.05, 3.63) is 70.5 Å². The monoisotopic (exact) mass is 424 g/mol. The Kier molecular flexibility index (Phi) is 7.83. The minimum atomic E-state index is -0.681. The lowest BCUT2D eigenvalue weighted by Crippen LogP contribution is -2.50. The standard InChI is InChI=1S/C26H33FN2O2/c1-18-13-14-19(2)22(15-18)16-25(30)29(17-21-9-7-8-12-24(21)27)20(3)26(31)28-23-10-5-4-6-11-23/h7-9,12-15,20,23H,4-6,10-11,16-17H2,1-3H3,(H,28,31)/t20-/m1/s1. The second kappa shape index (κ2) is 10.6. The number of nitrogens with one attached hydrogen (secondary N) is 1. The van der Waals surface area contributed by atoms with Gasteiger partial charge in [-0.3, -0.25) is 9.59 Å². The van der Waals surface area contributed by atoms with Gasteiger partial charge in [-0.1, -0.05) is 61.2 Å². The Labute approximate surface area is 184 Å². The van der Waals surface area contributed by atoms with Gasteiger partial charge in [0.25, 0.3) is 0 Å². The molecule has 0 aliphatic heterocycles. The minimum absolute atomic E-state index is 0.0651. The molecule has 0 unspecified atom stereocenters. The van der Waals surface area contributed by atoms with Gasteiger partial charge in [0.2, 0.25) is 11.8 Å². The molecule has 1 N–H and O–H groups in total. The zero-order valence-electron chi connectivity index (χ0n) is 18.8. The van der Waals surface area contributed by atoms with Gasteiger partial charge in [0.05, 0.1) is 6.42 Å². The van der Waals surface area contributed by atoms with Gasteiger partial charge >= 0.3 is 0 Å². The molecule has 1 atom stereocenters. The highest BCUT2D eigenvalue weighted by atomic mass is 19.1. The Bertz CT molecular complexity index is 921. The number of carbonyl (C=O) groups excluding carboxylic acids is 2. The van der Waals surface area contributed by atoms with Crippen LogP contribution in [-0.4, -0.2) is 28.8 Å². The second-order valence-corrected chi connectivity index (χ2v) is 8.74. The first-order chi connectivity index (χ1) is 14.8. The summed E-state index contributed by atoms with van der Waals surface area (Å²) in [6.07, 6.45) is 5.57. The third-order valence-electron chi connectivity index (χ3n) is 6.26. The average molecular weight is 425 g/mol. The summed E-state index contributed by atoms with van der Waals surface area (Å²) in [4.78, 5) is 27.9. The highest BCUT2D eigenvalue weighted by Crippen LogP contribution is 2.20. The maximum Gasteiger partial charge on any atom is 0.242 e. The SMILES string of the molecule is Cc1ccc(C)c(CC(=O)N(Cc2ccccc2F)[C@H](C)C(=O)NC2CCCCC2)c1. The molecule has 0 aromatic heterocycles. The second-order valence-electron chi connectivity index (χ2n) is 8.74. The molecule has 2 amide bonds. The summed E-state index contributed by atoms with van der Waals surface area (Å²) in [5.74, 6) is -0.715. The van der Waals surface area contributed by atoms with Gasteiger partial charge in [0.1, 0.15) is 11.9 Å². The van der Waals surface area contributed by atoms with Crippen LogP contribution in [0.5, 0.6) is 0 Å². The molecule has 166 valence electrons. The number of hydrogen-bond donors (Lipinski definition) is 1. The summed E-state index contributed by atoms with van der Waals surface area (Å²) in [6, 6.07) is 11.9. The number of hydrogen-bond acceptors (Lipinski definition) is 2. The lowest BCUT2D eigenvalue weighted by atomic mass is 9.95. The summed E-state index contributed by atoms with van der Waals surface area (Å²) in [7, 11) is 0. The van der Waals surface area contributed by atoms with E-state index in [4.69, 9.17) is 0 Å². The van der Waals surface area contributed by atoms with E-state index in [1.807, 2.05) is 32.0 Å². The predicted octanol–water partition coefficient (Wildman–Crippen LogP) is 4.85. The molecule has 0 spiro atoms. The summed E-state index contributed by atoms with van der Waals surface area (Å²) in [5, 5.41) is 3.11. The lowest BCUT2D eigenvalue weighted by Gasteiger charge is -2.31. The van der Waals surface area contributed by atoms with E-state index in [-0.39, 0.29) is 36.6 Å². The third kappa shape index (κ3) is 6.16. The highest BCUT2D eigenvalue weighted by molar-refractivity contribution is 5.88. The van der Waals surface area contributed by atoms with E-state index in [1.54, 1.807) is 25.1 Å². The van der Waals surface area contributed by atoms with Crippen molar-refractivity contribution in [2.45, 2.75) is 77.9 Å². The molecule has 0 radical (unpaired) electrons. The normalized spacial score (nSPS) is 15.4. The van der Waals surface area contributed by atoms with Gasteiger partial charge in [-0.25, -0.2) is 4.39 Å². The quantitative estimate of drug-likeness (QED) is 0.691. The molecule has 1 fully saturated rings. The molecule has 0 bridgehead atoms. The van der Waals surface area contributed by atoms with Crippen molar-refractivity contribution < 1.29 is 14.0 Å². The topological polar surface area (TPSA) is 49.4 Å². The van der Waals surface area contributed by atoms with E-state index in [0.29, 0.717) is 5.56 Å². The molecule has 2 aromatic rings. The predicted molar refractivity (Wildman–Crippen MR) is 121 cm³/mol. The van der Waals surface area contributed by atoms with Crippen molar-refractivity contribution in [3.8, 4) is 0 Å². The van der Waals surface area contributed by atoms with E-state index in [2.05, 4.69) is 5.32 Å². The first-order valence-corrected chi connectivity index (χ1v) is 11.2. The van der Waals surface area contributed by atoms with Crippen molar-refractivity contribution >= 4 is 11.8 Å². The smallest absolute Gasteiger partial charge is 0.242 e. The molecule has 0 saturated heterocycles. The average Bonchev–Trinajstić information content (AvgIpc) is 2.76. The van der Waals surface area contributed by atoms with Crippen LogP contribution in [0.3, 0.4) is 0 Å². The first-order valence-electron chi connectivity index (χ1n) is 11.2. The zero-order valence-corrected chi connectivity index (χ0v) is 18.8. The van der Waals surface area contributed by atoms with Gasteiger partial charge in [0.15, 0.2) is 0 Å². The number of aryl methyl sites for hydroxylation is 2. The van der Waals surface area contributed by atoms with Crippen molar-refractivity contribution in [1.29, 1.82) is 0 Å². The van der Waals surface area contributed by atoms with Crippen LogP contribution in [0.1, 0.15) is 61.3 Å². The lowest BCUT2D eigenvalue weighted by molar-refractivity contribution is -0.140. The number of nitrogens with zero attached hydrogens (tertiary/aromatic N) is 1. The fourth-order valence-corrected chi connectivity index (χ4v) is 4.22. The third-order valence-corrected chi connectivity index (χ3v) is 6.26. The van der Waals surface area contributed by atoms with Crippen LogP contribution in [0.25, 0.3) is 0 Å². The summed E-state index contributed by atoms with van der Waals surface area (Å²) in [6.45, 7) is 5.77. The first kappa shape index (κ1) is 23.0. The van der Waals surface area contributed by atoms with E-state index in [9.17, 15) is 14.0 Å². The van der Waals surface area contributed by atoms with Crippen molar-refractivity contribution in [2.75, 3.05) is 0 Å². The van der Waals surface area contributed by atoms with Gasteiger partial charge in [-0.15, -0.1) is 0 Å². The molecule has 1 aliphatic carbocycles. The molecule has 4 nitrogen and oxygen atoms in total. The highest BCUT2D eigenvalue weighted by Gasteiger charge is 2.29. The molecule has 1 saturated carbocycles. The van der Waals surface area contributed by atoms with Crippen LogP contribution in [0.4, 0.5) is 4.39 Å². The summed E-state index contributed by atoms with van der Waals surface area (Å²) in [5.41, 5.74) is 3.46. The Hall–Kier alpha value is -2.69. The van der Waals surface area contributed by atoms with Gasteiger partial charge in [0, 0.05) is 18.2 Å². The molecule has 5 heteroatoms. The van der Waals surface area contributed by atoms with E-state index in [0.717, 1.165) is 42.4 Å². The van der Waals surface area contributed by atoms with Crippen LogP contribution in [0.2, 0.25) is 0 Å². The van der Waals surface area contributed by atoms with Crippen LogP contribution >= 0.6 is 0 Å². The Balaban J connectivity index is 1.80. The molecule has 2 aromatic carbocycles. The number of carbonyl (C=O) groups is 2. The molecule has 3 rings (SSSR count). The Morgan fingerprint density at radius 2 is 1.77 bits per heavy atom. The maximum absolute atomic E-state index is 14.4. The van der Waals surface area contributed by atoms with E-state index < -0.39 is 6.04 Å². The van der Waals surface area contributed by atoms with Crippen LogP contribution in [0.15, 0.2) is 42.5 Å². The molecule has 0 heterocycles. The van der Waals surface area contributed by atoms with Gasteiger partial charge in [-0.05, 0) is 50.8 Å². The van der Waals surface area contributed by atoms with E-state index in [1.165, 1.54) is 17.4 Å². The summed E-state index contributed by atoms with van der Waals surface area (Å²) < 4.78 is 14.4. The van der Waals surface area contributed by atoms with Crippen LogP contribution < -0.4 is 5.32 Å². The van der Waals surface area contributed by atoms with Gasteiger partial charge < -0.3 is 10.2 Å². The van der Waals surface area contributed by atoms with Crippen molar-refractivity contribution in [1.82, 2.24) is 10.2 Å². The fourth-order valence-electron chi connectivity index (χ4n) is 4.22. The van der Waals surface area contributed by atoms with Crippen LogP contribution in [0, 0.1) is 19.7 Å². The fraction of sp³-hybridized carbons (Fsp3) is 0.462. The number of amides is 2. The number of halogens is 1. The van der Waals surface area contributed by atoms with Gasteiger partial charge in [-0.2, -0.15) is 0 Å². The minimum Gasteiger partial charge on any atom is -0.352 e. The maximum atomic E-state index is 14.4. The molecular weight excluding hydrogens is 391 g/mol. The Morgan fingerprint density at radius 1 is 1.06 bits per heavy atom. The van der Waals surface area contributed by atoms with E-state index >= 15 is 0 Å². The van der Waals surface area contributed by atoms with Crippen molar-refractivity contribution in [2.24, 2.45) is 0 Å². The summed E-state index contributed by atoms with van der Waals surface area (Å²) >= 11 is 0. The number of benzene rings is 2. The van der Waals surface area contributed by atoms with Crippen molar-refractivity contribution in [3.63, 3.8) is 0 Å². The molecule has 1 aliphatic rings. The van der Waals surface area contributed by atoms with Crippen LogP contribution in [-0.2, 0) is 22.6 Å². The number of rotatable bonds is 7.